The topological polar surface area (TPSA) is 63.3 Å². The second-order valence-corrected chi connectivity index (χ2v) is 3.81. The second kappa shape index (κ2) is 4.94. The van der Waals surface area contributed by atoms with Crippen molar-refractivity contribution in [3.05, 3.63) is 34.4 Å². The quantitative estimate of drug-likeness (QED) is 0.792. The minimum absolute atomic E-state index is 0.418. The summed E-state index contributed by atoms with van der Waals surface area (Å²) in [5.74, 6) is -0.853. The number of nitrogens with two attached hydrogens (primary N) is 1. The van der Waals surface area contributed by atoms with Crippen LogP contribution in [-0.2, 0) is 6.42 Å². The summed E-state index contributed by atoms with van der Waals surface area (Å²) in [4.78, 5) is 11.1. The molecule has 3 N–H and O–H groups in total. The van der Waals surface area contributed by atoms with E-state index in [0.29, 0.717) is 12.1 Å². The maximum Gasteiger partial charge on any atom is 0.335 e. The molecule has 15 heavy (non-hydrogen) atoms. The van der Waals surface area contributed by atoms with E-state index < -0.39 is 5.97 Å². The van der Waals surface area contributed by atoms with Crippen LogP contribution in [0.5, 0.6) is 0 Å². The van der Waals surface area contributed by atoms with E-state index in [1.54, 1.807) is 6.07 Å². The molecule has 1 rings (SSSR count). The van der Waals surface area contributed by atoms with E-state index >= 15 is 0 Å². The van der Waals surface area contributed by atoms with E-state index in [1.807, 2.05) is 19.9 Å². The monoisotopic (exact) mass is 207 g/mol. The van der Waals surface area contributed by atoms with Gasteiger partial charge in [0.15, 0.2) is 0 Å². The molecule has 0 unspecified atom stereocenters. The fourth-order valence-corrected chi connectivity index (χ4v) is 1.80. The molecular weight excluding hydrogens is 190 g/mol. The smallest absolute Gasteiger partial charge is 0.335 e. The SMILES string of the molecule is Cc1cc(C)c(CCCN)c(C(=O)O)c1. The zero-order valence-electron chi connectivity index (χ0n) is 9.21. The van der Waals surface area contributed by atoms with Crippen LogP contribution in [0, 0.1) is 13.8 Å². The molecule has 0 saturated carbocycles. The Balaban J connectivity index is 3.15. The third-order valence-corrected chi connectivity index (χ3v) is 2.48. The number of aromatic carboxylic acids is 1. The fraction of sp³-hybridized carbons (Fsp3) is 0.417. The number of rotatable bonds is 4. The van der Waals surface area contributed by atoms with Crippen LogP contribution in [-0.4, -0.2) is 17.6 Å². The highest BCUT2D eigenvalue weighted by Gasteiger charge is 2.12. The van der Waals surface area contributed by atoms with Gasteiger partial charge in [-0.1, -0.05) is 6.07 Å². The van der Waals surface area contributed by atoms with Crippen LogP contribution in [0.25, 0.3) is 0 Å². The van der Waals surface area contributed by atoms with Gasteiger partial charge in [-0.15, -0.1) is 0 Å². The van der Waals surface area contributed by atoms with E-state index in [0.717, 1.165) is 29.5 Å². The van der Waals surface area contributed by atoms with Gasteiger partial charge in [0, 0.05) is 0 Å². The summed E-state index contributed by atoms with van der Waals surface area (Å²) in [5.41, 5.74) is 8.80. The molecule has 0 aliphatic rings. The van der Waals surface area contributed by atoms with E-state index in [2.05, 4.69) is 0 Å². The number of hydrogen-bond acceptors (Lipinski definition) is 2. The molecule has 0 spiro atoms. The van der Waals surface area contributed by atoms with Crippen molar-refractivity contribution in [1.29, 1.82) is 0 Å². The maximum atomic E-state index is 11.1. The van der Waals surface area contributed by atoms with Crippen LogP contribution >= 0.6 is 0 Å². The maximum absolute atomic E-state index is 11.1. The predicted molar refractivity (Wildman–Crippen MR) is 60.3 cm³/mol. The van der Waals surface area contributed by atoms with Gasteiger partial charge in [0.25, 0.3) is 0 Å². The van der Waals surface area contributed by atoms with Crippen molar-refractivity contribution in [3.63, 3.8) is 0 Å². The van der Waals surface area contributed by atoms with Gasteiger partial charge in [-0.2, -0.15) is 0 Å². The first-order valence-corrected chi connectivity index (χ1v) is 5.09. The minimum Gasteiger partial charge on any atom is -0.478 e. The van der Waals surface area contributed by atoms with E-state index in [1.165, 1.54) is 0 Å². The van der Waals surface area contributed by atoms with Gasteiger partial charge < -0.3 is 10.8 Å². The Morgan fingerprint density at radius 2 is 2.07 bits per heavy atom. The third-order valence-electron chi connectivity index (χ3n) is 2.48. The standard InChI is InChI=1S/C12H17NO2/c1-8-6-9(2)10(4-3-5-13)11(7-8)12(14)15/h6-7H,3-5,13H2,1-2H3,(H,14,15). The van der Waals surface area contributed by atoms with Crippen molar-refractivity contribution < 1.29 is 9.90 Å². The highest BCUT2D eigenvalue weighted by atomic mass is 16.4. The molecule has 3 heteroatoms. The molecule has 0 radical (unpaired) electrons. The van der Waals surface area contributed by atoms with Crippen LogP contribution in [0.2, 0.25) is 0 Å². The summed E-state index contributed by atoms with van der Waals surface area (Å²) in [6.45, 7) is 4.45. The first-order valence-electron chi connectivity index (χ1n) is 5.09. The summed E-state index contributed by atoms with van der Waals surface area (Å²) in [5, 5.41) is 9.08. The zero-order chi connectivity index (χ0) is 11.4. The van der Waals surface area contributed by atoms with Crippen molar-refractivity contribution in [1.82, 2.24) is 0 Å². The van der Waals surface area contributed by atoms with Crippen molar-refractivity contribution in [2.24, 2.45) is 5.73 Å². The van der Waals surface area contributed by atoms with Crippen LogP contribution in [0.15, 0.2) is 12.1 Å². The molecular formula is C12H17NO2. The number of carboxylic acids is 1. The van der Waals surface area contributed by atoms with E-state index in [-0.39, 0.29) is 0 Å². The lowest BCUT2D eigenvalue weighted by Crippen LogP contribution is -2.08. The first kappa shape index (κ1) is 11.7. The molecule has 0 aliphatic heterocycles. The van der Waals surface area contributed by atoms with Crippen LogP contribution < -0.4 is 5.73 Å². The molecule has 0 fully saturated rings. The van der Waals surface area contributed by atoms with Gasteiger partial charge in [0.1, 0.15) is 0 Å². The first-order chi connectivity index (χ1) is 7.06. The zero-order valence-corrected chi connectivity index (χ0v) is 9.21. The fourth-order valence-electron chi connectivity index (χ4n) is 1.80. The number of aryl methyl sites for hydroxylation is 2. The van der Waals surface area contributed by atoms with E-state index in [9.17, 15) is 4.79 Å². The van der Waals surface area contributed by atoms with Crippen molar-refractivity contribution >= 4 is 5.97 Å². The lowest BCUT2D eigenvalue weighted by atomic mass is 9.95. The van der Waals surface area contributed by atoms with Gasteiger partial charge in [-0.3, -0.25) is 0 Å². The summed E-state index contributed by atoms with van der Waals surface area (Å²) in [6.07, 6.45) is 1.56. The summed E-state index contributed by atoms with van der Waals surface area (Å²) in [6, 6.07) is 3.74. The molecule has 0 heterocycles. The van der Waals surface area contributed by atoms with Crippen LogP contribution in [0.4, 0.5) is 0 Å². The van der Waals surface area contributed by atoms with Gasteiger partial charge >= 0.3 is 5.97 Å². The molecule has 0 bridgehead atoms. The molecule has 0 aromatic heterocycles. The van der Waals surface area contributed by atoms with Crippen molar-refractivity contribution in [3.8, 4) is 0 Å². The largest absolute Gasteiger partial charge is 0.478 e. The molecule has 1 aromatic rings. The number of carboxylic acid groups (broad SMARTS) is 1. The molecule has 0 amide bonds. The Morgan fingerprint density at radius 3 is 2.60 bits per heavy atom. The van der Waals surface area contributed by atoms with Gasteiger partial charge in [-0.25, -0.2) is 4.79 Å². The van der Waals surface area contributed by atoms with Gasteiger partial charge in [0.05, 0.1) is 5.56 Å². The number of benzene rings is 1. The normalized spacial score (nSPS) is 10.3. The highest BCUT2D eigenvalue weighted by Crippen LogP contribution is 2.18. The molecule has 1 aromatic carbocycles. The minimum atomic E-state index is -0.853. The van der Waals surface area contributed by atoms with Gasteiger partial charge in [-0.05, 0) is 56.0 Å². The lowest BCUT2D eigenvalue weighted by Gasteiger charge is -2.10. The van der Waals surface area contributed by atoms with Gasteiger partial charge in [0.2, 0.25) is 0 Å². The Kier molecular flexibility index (Phi) is 3.86. The molecule has 0 atom stereocenters. The Labute approximate surface area is 89.9 Å². The Morgan fingerprint density at radius 1 is 1.40 bits per heavy atom. The molecule has 82 valence electrons. The average Bonchev–Trinajstić information content (AvgIpc) is 2.15. The second-order valence-electron chi connectivity index (χ2n) is 3.81. The number of hydrogen-bond donors (Lipinski definition) is 2. The summed E-state index contributed by atoms with van der Waals surface area (Å²) < 4.78 is 0. The Bertz CT molecular complexity index is 372. The summed E-state index contributed by atoms with van der Waals surface area (Å²) >= 11 is 0. The van der Waals surface area contributed by atoms with Crippen molar-refractivity contribution in [2.75, 3.05) is 6.54 Å². The molecule has 0 aliphatic carbocycles. The van der Waals surface area contributed by atoms with Crippen LogP contribution in [0.1, 0.15) is 33.5 Å². The average molecular weight is 207 g/mol. The summed E-state index contributed by atoms with van der Waals surface area (Å²) in [7, 11) is 0. The van der Waals surface area contributed by atoms with Crippen molar-refractivity contribution in [2.45, 2.75) is 26.7 Å². The highest BCUT2D eigenvalue weighted by molar-refractivity contribution is 5.90. The third kappa shape index (κ3) is 2.80. The Hall–Kier alpha value is -1.35. The molecule has 0 saturated heterocycles. The lowest BCUT2D eigenvalue weighted by molar-refractivity contribution is 0.0695. The number of carbonyl (C=O) groups is 1. The molecule has 3 nitrogen and oxygen atoms in total. The van der Waals surface area contributed by atoms with E-state index in [4.69, 9.17) is 10.8 Å². The predicted octanol–water partition coefficient (Wildman–Crippen LogP) is 1.89. The van der Waals surface area contributed by atoms with Crippen LogP contribution in [0.3, 0.4) is 0 Å².